The van der Waals surface area contributed by atoms with E-state index < -0.39 is 0 Å². The molecule has 2 rings (SSSR count). The van der Waals surface area contributed by atoms with Crippen LogP contribution in [0, 0.1) is 20.8 Å². The quantitative estimate of drug-likeness (QED) is 0.802. The van der Waals surface area contributed by atoms with Gasteiger partial charge in [-0.15, -0.1) is 0 Å². The van der Waals surface area contributed by atoms with E-state index in [1.165, 1.54) is 22.3 Å². The van der Waals surface area contributed by atoms with Crippen LogP contribution in [0.3, 0.4) is 0 Å². The lowest BCUT2D eigenvalue weighted by Gasteiger charge is -2.10. The molecule has 0 fully saturated rings. The van der Waals surface area contributed by atoms with Crippen molar-refractivity contribution < 1.29 is 9.53 Å². The molecule has 0 bridgehead atoms. The van der Waals surface area contributed by atoms with Crippen LogP contribution in [0.25, 0.3) is 0 Å². The Morgan fingerprint density at radius 3 is 2.39 bits per heavy atom. The van der Waals surface area contributed by atoms with Gasteiger partial charge in [-0.05, 0) is 56.0 Å². The highest BCUT2D eigenvalue weighted by Gasteiger charge is 2.01. The van der Waals surface area contributed by atoms with E-state index in [9.17, 15) is 4.79 Å². The third-order valence-corrected chi connectivity index (χ3v) is 3.77. The van der Waals surface area contributed by atoms with E-state index in [0.29, 0.717) is 6.54 Å². The maximum absolute atomic E-state index is 11.7. The van der Waals surface area contributed by atoms with Crippen LogP contribution in [0.2, 0.25) is 0 Å². The molecule has 0 radical (unpaired) electrons. The Labute approximate surface area is 137 Å². The molecule has 0 atom stereocenters. The summed E-state index contributed by atoms with van der Waals surface area (Å²) in [7, 11) is 0. The summed E-state index contributed by atoms with van der Waals surface area (Å²) in [4.78, 5) is 11.7. The highest BCUT2D eigenvalue weighted by molar-refractivity contribution is 5.73. The molecule has 4 nitrogen and oxygen atoms in total. The van der Waals surface area contributed by atoms with Gasteiger partial charge in [0.25, 0.3) is 0 Å². The zero-order chi connectivity index (χ0) is 16.7. The van der Waals surface area contributed by atoms with Crippen LogP contribution in [0.4, 0.5) is 4.79 Å². The Hall–Kier alpha value is -2.49. The van der Waals surface area contributed by atoms with Gasteiger partial charge < -0.3 is 15.4 Å². The van der Waals surface area contributed by atoms with E-state index in [0.717, 1.165) is 12.2 Å². The van der Waals surface area contributed by atoms with Gasteiger partial charge in [0, 0.05) is 6.54 Å². The smallest absolute Gasteiger partial charge is 0.317 e. The maximum Gasteiger partial charge on any atom is 0.317 e. The third-order valence-electron chi connectivity index (χ3n) is 3.77. The molecule has 0 saturated heterocycles. The van der Waals surface area contributed by atoms with E-state index >= 15 is 0 Å². The molecule has 2 aromatic rings. The number of rotatable bonds is 6. The monoisotopic (exact) mass is 312 g/mol. The van der Waals surface area contributed by atoms with Gasteiger partial charge in [-0.25, -0.2) is 4.79 Å². The van der Waals surface area contributed by atoms with E-state index in [1.54, 1.807) is 0 Å². The Morgan fingerprint density at radius 1 is 0.957 bits per heavy atom. The van der Waals surface area contributed by atoms with E-state index in [2.05, 4.69) is 48.7 Å². The molecule has 0 heterocycles. The topological polar surface area (TPSA) is 50.4 Å². The standard InChI is InChI=1S/C19H24N2O2/c1-14-4-7-17(8-5-14)10-11-20-19(22)21-13-23-18-9-6-15(2)16(3)12-18/h4-9,12H,10-11,13H2,1-3H3,(H2,20,21,22). The van der Waals surface area contributed by atoms with Crippen LogP contribution >= 0.6 is 0 Å². The minimum atomic E-state index is -0.221. The van der Waals surface area contributed by atoms with Gasteiger partial charge in [-0.3, -0.25) is 0 Å². The van der Waals surface area contributed by atoms with Gasteiger partial charge in [-0.1, -0.05) is 35.9 Å². The molecule has 0 spiro atoms. The lowest BCUT2D eigenvalue weighted by atomic mass is 10.1. The zero-order valence-corrected chi connectivity index (χ0v) is 14.0. The second kappa shape index (κ2) is 8.22. The Kier molecular flexibility index (Phi) is 6.03. The summed E-state index contributed by atoms with van der Waals surface area (Å²) < 4.78 is 5.52. The number of carbonyl (C=O) groups is 1. The van der Waals surface area contributed by atoms with Gasteiger partial charge in [0.1, 0.15) is 5.75 Å². The summed E-state index contributed by atoms with van der Waals surface area (Å²) in [5.41, 5.74) is 4.84. The largest absolute Gasteiger partial charge is 0.473 e. The van der Waals surface area contributed by atoms with Crippen molar-refractivity contribution in [1.82, 2.24) is 10.6 Å². The Bertz CT molecular complexity index is 651. The Morgan fingerprint density at radius 2 is 1.70 bits per heavy atom. The van der Waals surface area contributed by atoms with Crippen molar-refractivity contribution >= 4 is 6.03 Å². The fourth-order valence-corrected chi connectivity index (χ4v) is 2.13. The van der Waals surface area contributed by atoms with Crippen molar-refractivity contribution in [2.45, 2.75) is 27.2 Å². The summed E-state index contributed by atoms with van der Waals surface area (Å²) in [5, 5.41) is 5.51. The fourth-order valence-electron chi connectivity index (χ4n) is 2.13. The number of hydrogen-bond donors (Lipinski definition) is 2. The number of urea groups is 1. The summed E-state index contributed by atoms with van der Waals surface area (Å²) in [6, 6.07) is 14.0. The van der Waals surface area contributed by atoms with Crippen LogP contribution in [-0.2, 0) is 6.42 Å². The van der Waals surface area contributed by atoms with E-state index in [-0.39, 0.29) is 12.8 Å². The molecule has 2 aromatic carbocycles. The number of ether oxygens (including phenoxy) is 1. The van der Waals surface area contributed by atoms with Crippen LogP contribution in [-0.4, -0.2) is 19.3 Å². The van der Waals surface area contributed by atoms with Crippen molar-refractivity contribution in [3.63, 3.8) is 0 Å². The van der Waals surface area contributed by atoms with Gasteiger partial charge in [0.2, 0.25) is 0 Å². The lowest BCUT2D eigenvalue weighted by molar-refractivity contribution is 0.224. The highest BCUT2D eigenvalue weighted by Crippen LogP contribution is 2.15. The van der Waals surface area contributed by atoms with Crippen molar-refractivity contribution in [1.29, 1.82) is 0 Å². The molecule has 0 unspecified atom stereocenters. The molecule has 0 saturated carbocycles. The Balaban J connectivity index is 1.65. The van der Waals surface area contributed by atoms with Gasteiger partial charge in [-0.2, -0.15) is 0 Å². The summed E-state index contributed by atoms with van der Waals surface area (Å²) >= 11 is 0. The first kappa shape index (κ1) is 16.9. The number of nitrogens with one attached hydrogen (secondary N) is 2. The summed E-state index contributed by atoms with van der Waals surface area (Å²) in [6.45, 7) is 6.90. The van der Waals surface area contributed by atoms with Crippen LogP contribution < -0.4 is 15.4 Å². The van der Waals surface area contributed by atoms with Crippen molar-refractivity contribution in [3.05, 3.63) is 64.7 Å². The molecule has 0 aliphatic rings. The maximum atomic E-state index is 11.7. The number of amides is 2. The number of carbonyl (C=O) groups excluding carboxylic acids is 1. The van der Waals surface area contributed by atoms with Gasteiger partial charge in [0.15, 0.2) is 6.73 Å². The summed E-state index contributed by atoms with van der Waals surface area (Å²) in [5.74, 6) is 0.757. The fraction of sp³-hybridized carbons (Fsp3) is 0.316. The number of aryl methyl sites for hydroxylation is 3. The predicted molar refractivity (Wildman–Crippen MR) is 92.8 cm³/mol. The summed E-state index contributed by atoms with van der Waals surface area (Å²) in [6.07, 6.45) is 0.811. The van der Waals surface area contributed by atoms with Crippen LogP contribution in [0.5, 0.6) is 5.75 Å². The average Bonchev–Trinajstić information content (AvgIpc) is 2.53. The van der Waals surface area contributed by atoms with Gasteiger partial charge >= 0.3 is 6.03 Å². The minimum absolute atomic E-state index is 0.152. The minimum Gasteiger partial charge on any atom is -0.473 e. The van der Waals surface area contributed by atoms with E-state index in [4.69, 9.17) is 4.74 Å². The SMILES string of the molecule is Cc1ccc(CCNC(=O)NCOc2ccc(C)c(C)c2)cc1. The first-order valence-corrected chi connectivity index (χ1v) is 7.82. The molecule has 0 aliphatic heterocycles. The first-order chi connectivity index (χ1) is 11.0. The van der Waals surface area contributed by atoms with Crippen molar-refractivity contribution in [3.8, 4) is 5.75 Å². The lowest BCUT2D eigenvalue weighted by Crippen LogP contribution is -2.38. The van der Waals surface area contributed by atoms with E-state index in [1.807, 2.05) is 25.1 Å². The average molecular weight is 312 g/mol. The first-order valence-electron chi connectivity index (χ1n) is 7.82. The second-order valence-corrected chi connectivity index (χ2v) is 5.70. The third kappa shape index (κ3) is 5.66. The highest BCUT2D eigenvalue weighted by atomic mass is 16.5. The molecule has 2 N–H and O–H groups in total. The van der Waals surface area contributed by atoms with Crippen molar-refractivity contribution in [2.75, 3.05) is 13.3 Å². The second-order valence-electron chi connectivity index (χ2n) is 5.70. The molecule has 23 heavy (non-hydrogen) atoms. The molecular formula is C19H24N2O2. The molecule has 2 amide bonds. The zero-order valence-electron chi connectivity index (χ0n) is 14.0. The number of hydrogen-bond acceptors (Lipinski definition) is 2. The molecular weight excluding hydrogens is 288 g/mol. The van der Waals surface area contributed by atoms with Crippen LogP contribution in [0.15, 0.2) is 42.5 Å². The number of benzene rings is 2. The van der Waals surface area contributed by atoms with Crippen LogP contribution in [0.1, 0.15) is 22.3 Å². The predicted octanol–water partition coefficient (Wildman–Crippen LogP) is 3.49. The van der Waals surface area contributed by atoms with Gasteiger partial charge in [0.05, 0.1) is 0 Å². The molecule has 0 aliphatic carbocycles. The molecule has 0 aromatic heterocycles. The molecule has 122 valence electrons. The van der Waals surface area contributed by atoms with Crippen molar-refractivity contribution in [2.24, 2.45) is 0 Å². The normalized spacial score (nSPS) is 10.2. The molecule has 4 heteroatoms.